The van der Waals surface area contributed by atoms with E-state index in [-0.39, 0.29) is 11.7 Å². The van der Waals surface area contributed by atoms with Crippen molar-refractivity contribution in [2.45, 2.75) is 0 Å². The highest BCUT2D eigenvalue weighted by Gasteiger charge is 2.05. The van der Waals surface area contributed by atoms with Crippen molar-refractivity contribution in [2.24, 2.45) is 0 Å². The zero-order valence-electron chi connectivity index (χ0n) is 14.9. The van der Waals surface area contributed by atoms with Crippen LogP contribution >= 0.6 is 28.1 Å². The first-order chi connectivity index (χ1) is 13.5. The van der Waals surface area contributed by atoms with E-state index >= 15 is 0 Å². The van der Waals surface area contributed by atoms with E-state index in [0.29, 0.717) is 11.5 Å². The molecule has 0 aliphatic rings. The summed E-state index contributed by atoms with van der Waals surface area (Å²) in [7, 11) is 1.55. The normalized spacial score (nSPS) is 10.2. The first-order valence-corrected chi connectivity index (χ1v) is 9.27. The number of nitrogens with one attached hydrogen (secondary N) is 3. The molecule has 0 atom stereocenters. The molecule has 0 aromatic heterocycles. The van der Waals surface area contributed by atoms with Gasteiger partial charge in [0.25, 0.3) is 5.91 Å². The zero-order chi connectivity index (χ0) is 20.4. The number of amides is 2. The van der Waals surface area contributed by atoms with Crippen LogP contribution in [-0.2, 0) is 9.59 Å². The van der Waals surface area contributed by atoms with Crippen LogP contribution in [0.1, 0.15) is 5.56 Å². The van der Waals surface area contributed by atoms with Gasteiger partial charge in [0.05, 0.1) is 7.11 Å². The van der Waals surface area contributed by atoms with Crippen LogP contribution in [0.5, 0.6) is 11.5 Å². The van der Waals surface area contributed by atoms with Crippen LogP contribution in [0.15, 0.2) is 59.1 Å². The molecule has 9 heteroatoms. The summed E-state index contributed by atoms with van der Waals surface area (Å²) in [6.45, 7) is -0.209. The fourth-order valence-electron chi connectivity index (χ4n) is 2.00. The second-order valence-corrected chi connectivity index (χ2v) is 6.63. The molecule has 0 radical (unpaired) electrons. The predicted molar refractivity (Wildman–Crippen MR) is 114 cm³/mol. The molecule has 0 saturated heterocycles. The number of halogens is 1. The molecule has 2 aromatic rings. The molecule has 2 aromatic carbocycles. The smallest absolute Gasteiger partial charge is 0.276 e. The minimum absolute atomic E-state index is 0.0494. The monoisotopic (exact) mass is 463 g/mol. The molecule has 0 heterocycles. The Morgan fingerprint density at radius 2 is 1.82 bits per heavy atom. The van der Waals surface area contributed by atoms with Crippen LogP contribution in [-0.4, -0.2) is 30.6 Å². The fraction of sp³-hybridized carbons (Fsp3) is 0.105. The van der Waals surface area contributed by atoms with E-state index in [9.17, 15) is 9.59 Å². The molecule has 28 heavy (non-hydrogen) atoms. The number of methoxy groups -OCH3 is 1. The SMILES string of the molecule is COc1ccccc1C=CC(=O)NC(=S)NNC(=O)COc1ccc(Br)cc1. The Balaban J connectivity index is 1.72. The Hall–Kier alpha value is -2.91. The number of ether oxygens (including phenoxy) is 2. The average Bonchev–Trinajstić information content (AvgIpc) is 2.70. The molecule has 2 rings (SSSR count). The highest BCUT2D eigenvalue weighted by atomic mass is 79.9. The molecule has 0 bridgehead atoms. The first-order valence-electron chi connectivity index (χ1n) is 8.07. The molecule has 0 aliphatic carbocycles. The van der Waals surface area contributed by atoms with Crippen molar-refractivity contribution in [1.82, 2.24) is 16.2 Å². The van der Waals surface area contributed by atoms with E-state index < -0.39 is 11.8 Å². The summed E-state index contributed by atoms with van der Waals surface area (Å²) in [5, 5.41) is 2.37. The minimum atomic E-state index is -0.455. The molecule has 0 spiro atoms. The lowest BCUT2D eigenvalue weighted by Crippen LogP contribution is -2.49. The minimum Gasteiger partial charge on any atom is -0.496 e. The van der Waals surface area contributed by atoms with E-state index in [2.05, 4.69) is 32.1 Å². The van der Waals surface area contributed by atoms with Crippen molar-refractivity contribution in [1.29, 1.82) is 0 Å². The molecular weight excluding hydrogens is 446 g/mol. The van der Waals surface area contributed by atoms with E-state index in [1.165, 1.54) is 6.08 Å². The lowest BCUT2D eigenvalue weighted by molar-refractivity contribution is -0.123. The van der Waals surface area contributed by atoms with Crippen LogP contribution < -0.4 is 25.6 Å². The second kappa shape index (κ2) is 11.1. The molecule has 7 nitrogen and oxygen atoms in total. The van der Waals surface area contributed by atoms with E-state index in [0.717, 1.165) is 10.0 Å². The van der Waals surface area contributed by atoms with Crippen LogP contribution in [0.2, 0.25) is 0 Å². The summed E-state index contributed by atoms with van der Waals surface area (Å²) >= 11 is 8.27. The largest absolute Gasteiger partial charge is 0.496 e. The molecule has 2 amide bonds. The van der Waals surface area contributed by atoms with Gasteiger partial charge in [-0.25, -0.2) is 0 Å². The summed E-state index contributed by atoms with van der Waals surface area (Å²) < 4.78 is 11.4. The Kier molecular flexibility index (Phi) is 8.44. The van der Waals surface area contributed by atoms with Crippen molar-refractivity contribution in [2.75, 3.05) is 13.7 Å². The standard InChI is InChI=1S/C19H18BrN3O4S/c1-26-16-5-3-2-4-13(16)6-11-17(24)21-19(28)23-22-18(25)12-27-15-9-7-14(20)8-10-15/h2-11H,12H2,1H3,(H,22,25)(H2,21,23,24,28). The molecule has 0 unspecified atom stereocenters. The molecule has 0 fully saturated rings. The first kappa shape index (κ1) is 21.4. The Bertz CT molecular complexity index is 872. The summed E-state index contributed by atoms with van der Waals surface area (Å²) in [6.07, 6.45) is 2.91. The molecule has 3 N–H and O–H groups in total. The summed E-state index contributed by atoms with van der Waals surface area (Å²) in [6, 6.07) is 14.3. The van der Waals surface area contributed by atoms with E-state index in [4.69, 9.17) is 21.7 Å². The van der Waals surface area contributed by atoms with Crippen molar-refractivity contribution in [3.63, 3.8) is 0 Å². The van der Waals surface area contributed by atoms with Gasteiger partial charge in [-0.05, 0) is 48.6 Å². The maximum absolute atomic E-state index is 11.9. The van der Waals surface area contributed by atoms with Crippen LogP contribution in [0, 0.1) is 0 Å². The van der Waals surface area contributed by atoms with Crippen LogP contribution in [0.3, 0.4) is 0 Å². The molecule has 0 aliphatic heterocycles. The number of thiocarbonyl (C=S) groups is 1. The predicted octanol–water partition coefficient (Wildman–Crippen LogP) is 2.57. The summed E-state index contributed by atoms with van der Waals surface area (Å²) in [5.74, 6) is 0.286. The third-order valence-electron chi connectivity index (χ3n) is 3.29. The number of rotatable bonds is 6. The van der Waals surface area contributed by atoms with Gasteiger partial charge in [-0.2, -0.15) is 0 Å². The molecule has 0 saturated carbocycles. The van der Waals surface area contributed by atoms with Crippen LogP contribution in [0.4, 0.5) is 0 Å². The van der Waals surface area contributed by atoms with Gasteiger partial charge >= 0.3 is 0 Å². The highest BCUT2D eigenvalue weighted by molar-refractivity contribution is 9.10. The number of benzene rings is 2. The maximum Gasteiger partial charge on any atom is 0.276 e. The van der Waals surface area contributed by atoms with Gasteiger partial charge in [-0.3, -0.25) is 25.8 Å². The average molecular weight is 464 g/mol. The van der Waals surface area contributed by atoms with Gasteiger partial charge in [-0.15, -0.1) is 0 Å². The Labute approximate surface area is 176 Å². The van der Waals surface area contributed by atoms with Crippen molar-refractivity contribution < 1.29 is 19.1 Å². The number of carbonyl (C=O) groups excluding carboxylic acids is 2. The third kappa shape index (κ3) is 7.37. The second-order valence-electron chi connectivity index (χ2n) is 5.31. The highest BCUT2D eigenvalue weighted by Crippen LogP contribution is 2.18. The van der Waals surface area contributed by atoms with Gasteiger partial charge in [0, 0.05) is 16.1 Å². The number of hydrazine groups is 1. The zero-order valence-corrected chi connectivity index (χ0v) is 17.3. The number of para-hydroxylation sites is 1. The van der Waals surface area contributed by atoms with Gasteiger partial charge < -0.3 is 9.47 Å². The van der Waals surface area contributed by atoms with Gasteiger partial charge in [0.15, 0.2) is 11.7 Å². The lowest BCUT2D eigenvalue weighted by Gasteiger charge is -2.10. The number of hydrogen-bond donors (Lipinski definition) is 3. The molecular formula is C19H18BrN3O4S. The Morgan fingerprint density at radius 1 is 1.11 bits per heavy atom. The topological polar surface area (TPSA) is 88.7 Å². The van der Waals surface area contributed by atoms with E-state index in [1.807, 2.05) is 18.2 Å². The quantitative estimate of drug-likeness (QED) is 0.346. The Morgan fingerprint density at radius 3 is 2.54 bits per heavy atom. The number of hydrogen-bond acceptors (Lipinski definition) is 5. The van der Waals surface area contributed by atoms with Crippen LogP contribution in [0.25, 0.3) is 6.08 Å². The van der Waals surface area contributed by atoms with Crippen molar-refractivity contribution in [3.8, 4) is 11.5 Å². The van der Waals surface area contributed by atoms with Gasteiger partial charge in [0.2, 0.25) is 5.91 Å². The summed E-state index contributed by atoms with van der Waals surface area (Å²) in [5.41, 5.74) is 5.52. The molecule has 146 valence electrons. The van der Waals surface area contributed by atoms with E-state index in [1.54, 1.807) is 43.5 Å². The summed E-state index contributed by atoms with van der Waals surface area (Å²) in [4.78, 5) is 23.6. The lowest BCUT2D eigenvalue weighted by atomic mass is 10.2. The van der Waals surface area contributed by atoms with Gasteiger partial charge in [-0.1, -0.05) is 34.1 Å². The fourth-order valence-corrected chi connectivity index (χ4v) is 2.41. The number of carbonyl (C=O) groups is 2. The maximum atomic E-state index is 11.9. The van der Waals surface area contributed by atoms with Gasteiger partial charge in [0.1, 0.15) is 11.5 Å². The van der Waals surface area contributed by atoms with Crippen molar-refractivity contribution in [3.05, 3.63) is 64.6 Å². The third-order valence-corrected chi connectivity index (χ3v) is 4.02. The van der Waals surface area contributed by atoms with Crippen molar-refractivity contribution >= 4 is 51.2 Å².